The van der Waals surface area contributed by atoms with Gasteiger partial charge < -0.3 is 15.4 Å². The molecule has 9 heteroatoms. The molecule has 7 nitrogen and oxygen atoms in total. The van der Waals surface area contributed by atoms with Gasteiger partial charge in [0.2, 0.25) is 0 Å². The Bertz CT molecular complexity index is 782. The van der Waals surface area contributed by atoms with Crippen LogP contribution >= 0.6 is 0 Å². The molecule has 2 rings (SSSR count). The molecule has 0 aliphatic carbocycles. The van der Waals surface area contributed by atoms with E-state index in [9.17, 15) is 8.78 Å². The van der Waals surface area contributed by atoms with Crippen LogP contribution < -0.4 is 26.2 Å². The molecule has 0 aliphatic rings. The molecule has 0 saturated carbocycles. The van der Waals surface area contributed by atoms with E-state index in [1.54, 1.807) is 12.3 Å². The number of nitrogens with zero attached hydrogens (tertiary/aromatic N) is 4. The van der Waals surface area contributed by atoms with Crippen LogP contribution in [0.15, 0.2) is 42.4 Å². The van der Waals surface area contributed by atoms with Crippen LogP contribution in [0.3, 0.4) is 0 Å². The number of anilines is 2. The number of hydrogen-bond acceptors (Lipinski definition) is 7. The van der Waals surface area contributed by atoms with Crippen molar-refractivity contribution in [3.8, 4) is 6.01 Å². The van der Waals surface area contributed by atoms with Crippen molar-refractivity contribution < 1.29 is 13.5 Å². The molecule has 1 aromatic carbocycles. The van der Waals surface area contributed by atoms with E-state index in [2.05, 4.69) is 9.97 Å². The monoisotopic (exact) mass is 364 g/mol. The van der Waals surface area contributed by atoms with Crippen molar-refractivity contribution in [3.63, 3.8) is 0 Å². The summed E-state index contributed by atoms with van der Waals surface area (Å²) in [6, 6.07) is 5.90. The number of aryl methyl sites for hydroxylation is 1. The summed E-state index contributed by atoms with van der Waals surface area (Å²) in [6.45, 7) is 1.89. The summed E-state index contributed by atoms with van der Waals surface area (Å²) in [7, 11) is 3.74. The molecule has 0 fully saturated rings. The maximum Gasteiger partial charge on any atom is 0.318 e. The lowest BCUT2D eigenvalue weighted by molar-refractivity contribution is 0.151. The van der Waals surface area contributed by atoms with Crippen LogP contribution in [0, 0.1) is 6.92 Å². The number of ether oxygens (including phenoxy) is 1. The summed E-state index contributed by atoms with van der Waals surface area (Å²) in [5, 5.41) is 1.16. The van der Waals surface area contributed by atoms with Gasteiger partial charge in [-0.15, -0.1) is 0 Å². The lowest BCUT2D eigenvalue weighted by Gasteiger charge is -2.17. The van der Waals surface area contributed by atoms with E-state index in [0.29, 0.717) is 5.69 Å². The minimum absolute atomic E-state index is 0.00182. The quantitative estimate of drug-likeness (QED) is 0.575. The zero-order valence-corrected chi connectivity index (χ0v) is 14.9. The van der Waals surface area contributed by atoms with E-state index in [-0.39, 0.29) is 23.9 Å². The first-order chi connectivity index (χ1) is 12.3. The molecule has 0 radical (unpaired) electrons. The van der Waals surface area contributed by atoms with Crippen LogP contribution in [0.25, 0.3) is 0 Å². The van der Waals surface area contributed by atoms with Gasteiger partial charge in [0, 0.05) is 37.6 Å². The van der Waals surface area contributed by atoms with Gasteiger partial charge in [-0.25, -0.2) is 19.6 Å². The maximum absolute atomic E-state index is 12.8. The Morgan fingerprint density at radius 2 is 2.08 bits per heavy atom. The summed E-state index contributed by atoms with van der Waals surface area (Å²) in [4.78, 5) is 10.2. The van der Waals surface area contributed by atoms with Crippen molar-refractivity contribution >= 4 is 11.5 Å². The lowest BCUT2D eigenvalue weighted by Crippen LogP contribution is -2.27. The lowest BCUT2D eigenvalue weighted by atomic mass is 10.2. The summed E-state index contributed by atoms with van der Waals surface area (Å²) in [5.74, 6) is 6.59. The Balaban J connectivity index is 2.04. The zero-order chi connectivity index (χ0) is 19.3. The SMILES string of the molecule is Cc1cnc(OC/C(N)=C/N(N)c2cccc(C(F)F)c2)nc1N(C)C. The van der Waals surface area contributed by atoms with Crippen LogP contribution in [0.4, 0.5) is 20.3 Å². The minimum atomic E-state index is -2.57. The Kier molecular flexibility index (Phi) is 6.29. The van der Waals surface area contributed by atoms with Crippen molar-refractivity contribution in [1.82, 2.24) is 9.97 Å². The Morgan fingerprint density at radius 3 is 2.73 bits per heavy atom. The van der Waals surface area contributed by atoms with Crippen molar-refractivity contribution in [1.29, 1.82) is 0 Å². The van der Waals surface area contributed by atoms with Gasteiger partial charge in [0.15, 0.2) is 0 Å². The van der Waals surface area contributed by atoms with Crippen LogP contribution in [-0.4, -0.2) is 30.7 Å². The molecule has 1 aromatic heterocycles. The highest BCUT2D eigenvalue weighted by Gasteiger charge is 2.10. The highest BCUT2D eigenvalue weighted by atomic mass is 19.3. The number of alkyl halides is 2. The van der Waals surface area contributed by atoms with Crippen molar-refractivity contribution in [3.05, 3.63) is 53.5 Å². The van der Waals surface area contributed by atoms with Gasteiger partial charge in [-0.05, 0) is 19.1 Å². The van der Waals surface area contributed by atoms with Crippen molar-refractivity contribution in [2.24, 2.45) is 11.6 Å². The second-order valence-electron chi connectivity index (χ2n) is 5.85. The minimum Gasteiger partial charge on any atom is -0.457 e. The summed E-state index contributed by atoms with van der Waals surface area (Å²) >= 11 is 0. The van der Waals surface area contributed by atoms with Crippen molar-refractivity contribution in [2.75, 3.05) is 30.6 Å². The normalized spacial score (nSPS) is 11.6. The molecule has 26 heavy (non-hydrogen) atoms. The van der Waals surface area contributed by atoms with Gasteiger partial charge in [-0.3, -0.25) is 5.01 Å². The van der Waals surface area contributed by atoms with Gasteiger partial charge in [-0.2, -0.15) is 4.98 Å². The Hall–Kier alpha value is -2.94. The highest BCUT2D eigenvalue weighted by Crippen LogP contribution is 2.23. The third kappa shape index (κ3) is 5.03. The number of nitrogens with two attached hydrogens (primary N) is 2. The summed E-state index contributed by atoms with van der Waals surface area (Å²) in [6.07, 6.45) is 0.478. The first kappa shape index (κ1) is 19.4. The van der Waals surface area contributed by atoms with Crippen molar-refractivity contribution in [2.45, 2.75) is 13.3 Å². The van der Waals surface area contributed by atoms with E-state index < -0.39 is 6.43 Å². The van der Waals surface area contributed by atoms with Crippen LogP contribution in [0.2, 0.25) is 0 Å². The number of hydrogen-bond donors (Lipinski definition) is 2. The van der Waals surface area contributed by atoms with E-state index in [4.69, 9.17) is 16.3 Å². The van der Waals surface area contributed by atoms with Gasteiger partial charge in [0.1, 0.15) is 12.4 Å². The predicted molar refractivity (Wildman–Crippen MR) is 96.9 cm³/mol. The number of hydrazine groups is 1. The first-order valence-corrected chi connectivity index (χ1v) is 7.80. The fourth-order valence-electron chi connectivity index (χ4n) is 2.20. The molecule has 0 unspecified atom stereocenters. The Morgan fingerprint density at radius 1 is 1.35 bits per heavy atom. The average molecular weight is 364 g/mol. The number of halogens is 2. The molecule has 2 aromatic rings. The highest BCUT2D eigenvalue weighted by molar-refractivity contribution is 5.50. The second kappa shape index (κ2) is 8.43. The average Bonchev–Trinajstić information content (AvgIpc) is 2.60. The molecule has 1 heterocycles. The molecular formula is C17H22F2N6O. The molecule has 0 spiro atoms. The number of benzene rings is 1. The Labute approximate surface area is 150 Å². The molecule has 0 atom stereocenters. The molecule has 4 N–H and O–H groups in total. The van der Waals surface area contributed by atoms with E-state index in [1.807, 2.05) is 25.9 Å². The molecule has 140 valence electrons. The van der Waals surface area contributed by atoms with Gasteiger partial charge in [0.05, 0.1) is 11.4 Å². The molecule has 0 amide bonds. The maximum atomic E-state index is 12.8. The fraction of sp³-hybridized carbons (Fsp3) is 0.294. The topological polar surface area (TPSA) is 93.5 Å². The standard InChI is InChI=1S/C17H22F2N6O/c1-11-8-22-17(23-16(11)24(2)3)26-10-13(20)9-25(21)14-6-4-5-12(7-14)15(18)19/h4-9,15H,10,20-21H2,1-3H3/b13-9-. The largest absolute Gasteiger partial charge is 0.457 e. The van der Waals surface area contributed by atoms with Crippen LogP contribution in [0.1, 0.15) is 17.6 Å². The third-order valence-electron chi connectivity index (χ3n) is 3.44. The van der Waals surface area contributed by atoms with E-state index >= 15 is 0 Å². The van der Waals surface area contributed by atoms with E-state index in [0.717, 1.165) is 16.4 Å². The van der Waals surface area contributed by atoms with Crippen LogP contribution in [0.5, 0.6) is 6.01 Å². The molecule has 0 bridgehead atoms. The van der Waals surface area contributed by atoms with Crippen LogP contribution in [-0.2, 0) is 0 Å². The zero-order valence-electron chi connectivity index (χ0n) is 14.9. The second-order valence-corrected chi connectivity index (χ2v) is 5.85. The van der Waals surface area contributed by atoms with E-state index in [1.165, 1.54) is 24.4 Å². The molecule has 0 saturated heterocycles. The smallest absolute Gasteiger partial charge is 0.318 e. The molecule has 0 aliphatic heterocycles. The predicted octanol–water partition coefficient (Wildman–Crippen LogP) is 2.35. The van der Waals surface area contributed by atoms with Gasteiger partial charge in [0.25, 0.3) is 6.43 Å². The van der Waals surface area contributed by atoms with Gasteiger partial charge >= 0.3 is 6.01 Å². The van der Waals surface area contributed by atoms with Gasteiger partial charge in [-0.1, -0.05) is 12.1 Å². The third-order valence-corrected chi connectivity index (χ3v) is 3.44. The summed E-state index contributed by atoms with van der Waals surface area (Å²) < 4.78 is 31.0. The number of rotatable bonds is 7. The first-order valence-electron chi connectivity index (χ1n) is 7.80. The fourth-order valence-corrected chi connectivity index (χ4v) is 2.20. The number of aromatic nitrogens is 2. The molecular weight excluding hydrogens is 342 g/mol. The summed E-state index contributed by atoms with van der Waals surface area (Å²) in [5.41, 5.74) is 7.35.